The molecule has 0 saturated heterocycles. The monoisotopic (exact) mass is 313 g/mol. The van der Waals surface area contributed by atoms with Crippen molar-refractivity contribution >= 4 is 21.8 Å². The molecule has 0 fully saturated rings. The van der Waals surface area contributed by atoms with Crippen LogP contribution in [0.3, 0.4) is 0 Å². The first-order chi connectivity index (χ1) is 8.40. The summed E-state index contributed by atoms with van der Waals surface area (Å²) in [4.78, 5) is 14.0. The van der Waals surface area contributed by atoms with Gasteiger partial charge in [0.2, 0.25) is 5.91 Å². The number of carbonyl (C=O) groups excluding carboxylic acids is 1. The molecule has 3 nitrogen and oxygen atoms in total. The van der Waals surface area contributed by atoms with Crippen LogP contribution in [-0.2, 0) is 11.2 Å². The second-order valence-electron chi connectivity index (χ2n) is 4.93. The summed E-state index contributed by atoms with van der Waals surface area (Å²) in [5.41, 5.74) is 0.784. The van der Waals surface area contributed by atoms with Crippen molar-refractivity contribution in [2.24, 2.45) is 0 Å². The molecule has 0 N–H and O–H groups in total. The fraction of sp³-hybridized carbons (Fsp3) is 0.500. The Morgan fingerprint density at radius 2 is 2.11 bits per heavy atom. The van der Waals surface area contributed by atoms with Crippen molar-refractivity contribution in [2.75, 3.05) is 19.5 Å². The molecule has 1 amide bonds. The molecule has 0 spiro atoms. The minimum absolute atomic E-state index is 0.104. The van der Waals surface area contributed by atoms with Gasteiger partial charge in [-0.05, 0) is 31.5 Å². The molecule has 0 saturated carbocycles. The maximum Gasteiger partial charge on any atom is 0.227 e. The highest BCUT2D eigenvalue weighted by atomic mass is 79.9. The van der Waals surface area contributed by atoms with Crippen LogP contribution in [0.2, 0.25) is 0 Å². The molecule has 0 aliphatic heterocycles. The summed E-state index contributed by atoms with van der Waals surface area (Å²) >= 11 is 3.43. The first-order valence-electron chi connectivity index (χ1n) is 5.86. The van der Waals surface area contributed by atoms with Crippen molar-refractivity contribution in [3.63, 3.8) is 0 Å². The standard InChI is InChI=1S/C14H20BrNO2/c1-14(2,10-15)16(3)13(17)9-11-6-5-7-12(8-11)18-4/h5-8H,9-10H2,1-4H3. The van der Waals surface area contributed by atoms with Crippen LogP contribution in [0.25, 0.3) is 0 Å². The molecule has 4 heteroatoms. The van der Waals surface area contributed by atoms with Crippen molar-refractivity contribution in [2.45, 2.75) is 25.8 Å². The lowest BCUT2D eigenvalue weighted by Gasteiger charge is -2.34. The van der Waals surface area contributed by atoms with Gasteiger partial charge in [-0.15, -0.1) is 0 Å². The fourth-order valence-electron chi connectivity index (χ4n) is 1.50. The van der Waals surface area contributed by atoms with Crippen molar-refractivity contribution < 1.29 is 9.53 Å². The SMILES string of the molecule is COc1cccc(CC(=O)N(C)C(C)(C)CBr)c1. The fourth-order valence-corrected chi connectivity index (χ4v) is 1.88. The average Bonchev–Trinajstić information content (AvgIpc) is 2.37. The van der Waals surface area contributed by atoms with Crippen molar-refractivity contribution in [1.29, 1.82) is 0 Å². The molecular weight excluding hydrogens is 294 g/mol. The number of likely N-dealkylation sites (N-methyl/N-ethyl adjacent to an activating group) is 1. The molecule has 0 heterocycles. The number of alkyl halides is 1. The third-order valence-corrected chi connectivity index (χ3v) is 4.47. The highest BCUT2D eigenvalue weighted by molar-refractivity contribution is 9.09. The molecule has 0 bridgehead atoms. The number of amides is 1. The molecule has 0 radical (unpaired) electrons. The van der Waals surface area contributed by atoms with E-state index in [1.165, 1.54) is 0 Å². The summed E-state index contributed by atoms with van der Waals surface area (Å²) in [6.07, 6.45) is 0.393. The van der Waals surface area contributed by atoms with Gasteiger partial charge in [0.1, 0.15) is 5.75 Å². The molecule has 0 aliphatic carbocycles. The van der Waals surface area contributed by atoms with E-state index in [2.05, 4.69) is 15.9 Å². The molecule has 0 aliphatic rings. The van der Waals surface area contributed by atoms with E-state index in [0.29, 0.717) is 6.42 Å². The zero-order valence-electron chi connectivity index (χ0n) is 11.4. The van der Waals surface area contributed by atoms with Gasteiger partial charge in [-0.3, -0.25) is 4.79 Å². The molecule has 1 rings (SSSR count). The Kier molecular flexibility index (Phi) is 5.20. The third kappa shape index (κ3) is 3.73. The molecule has 1 aromatic carbocycles. The lowest BCUT2D eigenvalue weighted by Crippen LogP contribution is -2.46. The normalized spacial score (nSPS) is 11.2. The molecule has 0 aromatic heterocycles. The largest absolute Gasteiger partial charge is 0.497 e. The number of hydrogen-bond acceptors (Lipinski definition) is 2. The van der Waals surface area contributed by atoms with Gasteiger partial charge in [0, 0.05) is 17.9 Å². The molecule has 100 valence electrons. The maximum atomic E-state index is 12.2. The highest BCUT2D eigenvalue weighted by Crippen LogP contribution is 2.18. The summed E-state index contributed by atoms with van der Waals surface area (Å²) in [5, 5.41) is 0.750. The topological polar surface area (TPSA) is 29.5 Å². The Morgan fingerprint density at radius 3 is 2.67 bits per heavy atom. The van der Waals surface area contributed by atoms with Gasteiger partial charge in [-0.25, -0.2) is 0 Å². The van der Waals surface area contributed by atoms with Crippen molar-refractivity contribution in [3.8, 4) is 5.75 Å². The van der Waals surface area contributed by atoms with Crippen LogP contribution in [0, 0.1) is 0 Å². The van der Waals surface area contributed by atoms with Crippen LogP contribution >= 0.6 is 15.9 Å². The Morgan fingerprint density at radius 1 is 1.44 bits per heavy atom. The molecule has 18 heavy (non-hydrogen) atoms. The number of ether oxygens (including phenoxy) is 1. The number of rotatable bonds is 5. The van der Waals surface area contributed by atoms with E-state index in [1.807, 2.05) is 45.2 Å². The summed E-state index contributed by atoms with van der Waals surface area (Å²) in [6, 6.07) is 7.61. The predicted molar refractivity (Wildman–Crippen MR) is 77.3 cm³/mol. The van der Waals surface area contributed by atoms with E-state index in [1.54, 1.807) is 12.0 Å². The van der Waals surface area contributed by atoms with E-state index < -0.39 is 0 Å². The summed E-state index contributed by atoms with van der Waals surface area (Å²) < 4.78 is 5.15. The second-order valence-corrected chi connectivity index (χ2v) is 5.49. The van der Waals surface area contributed by atoms with Crippen LogP contribution in [-0.4, -0.2) is 35.8 Å². The van der Waals surface area contributed by atoms with Gasteiger partial charge < -0.3 is 9.64 Å². The van der Waals surface area contributed by atoms with Crippen LogP contribution in [0.5, 0.6) is 5.75 Å². The Labute approximate surface area is 117 Å². The first kappa shape index (κ1) is 15.0. The number of methoxy groups -OCH3 is 1. The number of nitrogens with zero attached hydrogens (tertiary/aromatic N) is 1. The van der Waals surface area contributed by atoms with Gasteiger partial charge >= 0.3 is 0 Å². The van der Waals surface area contributed by atoms with Gasteiger partial charge in [0.25, 0.3) is 0 Å². The van der Waals surface area contributed by atoms with Crippen molar-refractivity contribution in [3.05, 3.63) is 29.8 Å². The molecular formula is C14H20BrNO2. The zero-order chi connectivity index (χ0) is 13.8. The summed E-state index contributed by atoms with van der Waals surface area (Å²) in [5.74, 6) is 0.885. The van der Waals surface area contributed by atoms with Crippen LogP contribution in [0.4, 0.5) is 0 Å². The minimum Gasteiger partial charge on any atom is -0.497 e. The smallest absolute Gasteiger partial charge is 0.227 e. The van der Waals surface area contributed by atoms with E-state index in [9.17, 15) is 4.79 Å². The van der Waals surface area contributed by atoms with Crippen LogP contribution in [0.1, 0.15) is 19.4 Å². The van der Waals surface area contributed by atoms with Gasteiger partial charge in [-0.2, -0.15) is 0 Å². The number of halogens is 1. The molecule has 1 aromatic rings. The van der Waals surface area contributed by atoms with E-state index in [0.717, 1.165) is 16.6 Å². The molecule has 0 atom stereocenters. The van der Waals surface area contributed by atoms with Gasteiger partial charge in [-0.1, -0.05) is 28.1 Å². The zero-order valence-corrected chi connectivity index (χ0v) is 13.0. The minimum atomic E-state index is -0.185. The Balaban J connectivity index is 2.75. The van der Waals surface area contributed by atoms with Crippen LogP contribution < -0.4 is 4.74 Å². The summed E-state index contributed by atoms with van der Waals surface area (Å²) in [7, 11) is 3.46. The number of benzene rings is 1. The lowest BCUT2D eigenvalue weighted by atomic mass is 10.0. The van der Waals surface area contributed by atoms with Gasteiger partial charge in [0.15, 0.2) is 0 Å². The average molecular weight is 314 g/mol. The first-order valence-corrected chi connectivity index (χ1v) is 6.98. The van der Waals surface area contributed by atoms with Crippen molar-refractivity contribution in [1.82, 2.24) is 4.90 Å². The number of hydrogen-bond donors (Lipinski definition) is 0. The number of carbonyl (C=O) groups is 1. The lowest BCUT2D eigenvalue weighted by molar-refractivity contribution is -0.133. The molecule has 0 unspecified atom stereocenters. The predicted octanol–water partition coefficient (Wildman–Crippen LogP) is 2.87. The summed E-state index contributed by atoms with van der Waals surface area (Å²) in [6.45, 7) is 4.07. The van der Waals surface area contributed by atoms with E-state index >= 15 is 0 Å². The second kappa shape index (κ2) is 6.23. The highest BCUT2D eigenvalue weighted by Gasteiger charge is 2.26. The van der Waals surface area contributed by atoms with Gasteiger partial charge in [0.05, 0.1) is 13.5 Å². The third-order valence-electron chi connectivity index (χ3n) is 3.10. The Hall–Kier alpha value is -1.03. The Bertz CT molecular complexity index is 418. The van der Waals surface area contributed by atoms with Crippen LogP contribution in [0.15, 0.2) is 24.3 Å². The van der Waals surface area contributed by atoms with E-state index in [4.69, 9.17) is 4.74 Å². The quantitative estimate of drug-likeness (QED) is 0.782. The van der Waals surface area contributed by atoms with E-state index in [-0.39, 0.29) is 11.4 Å². The maximum absolute atomic E-state index is 12.2.